The number of likely N-dealkylation sites (N-methyl/N-ethyl adjacent to an activating group) is 1. The molecule has 47 heavy (non-hydrogen) atoms. The molecule has 0 amide bonds. The van der Waals surface area contributed by atoms with Gasteiger partial charge < -0.3 is 36.7 Å². The Labute approximate surface area is 276 Å². The second kappa shape index (κ2) is 15.6. The van der Waals surface area contributed by atoms with Gasteiger partial charge in [-0.15, -0.1) is 0 Å². The molecule has 6 unspecified atom stereocenters. The van der Waals surface area contributed by atoms with E-state index in [4.69, 9.17) is 31.4 Å². The van der Waals surface area contributed by atoms with Crippen LogP contribution in [0.4, 0.5) is 21.5 Å². The molecule has 14 nitrogen and oxygen atoms in total. The highest BCUT2D eigenvalue weighted by atomic mass is 19.1. The molecule has 0 aromatic carbocycles. The summed E-state index contributed by atoms with van der Waals surface area (Å²) >= 11 is 0. The molecule has 3 aromatic rings. The van der Waals surface area contributed by atoms with Crippen LogP contribution in [0.25, 0.3) is 0 Å². The average Bonchev–Trinajstić information content (AvgIpc) is 3.52. The van der Waals surface area contributed by atoms with E-state index in [9.17, 15) is 4.39 Å². The summed E-state index contributed by atoms with van der Waals surface area (Å²) in [6, 6.07) is 1.20. The van der Waals surface area contributed by atoms with Gasteiger partial charge >= 0.3 is 0 Å². The molecule has 0 saturated carbocycles. The molecule has 260 valence electrons. The molecule has 15 heteroatoms. The number of hydrogen-bond donors (Lipinski definition) is 4. The van der Waals surface area contributed by atoms with Gasteiger partial charge in [-0.2, -0.15) is 15.3 Å². The zero-order chi connectivity index (χ0) is 33.7. The van der Waals surface area contributed by atoms with Crippen molar-refractivity contribution < 1.29 is 18.6 Å². The fraction of sp³-hybridized carbons (Fsp3) is 0.656. The van der Waals surface area contributed by atoms with Crippen molar-refractivity contribution >= 4 is 17.1 Å². The largest absolute Gasteiger partial charge is 0.396 e. The van der Waals surface area contributed by atoms with Crippen LogP contribution in [0.5, 0.6) is 0 Å². The number of rotatable bonds is 4. The second-order valence-corrected chi connectivity index (χ2v) is 12.7. The zero-order valence-electron chi connectivity index (χ0n) is 28.3. The normalized spacial score (nSPS) is 30.4. The molecule has 7 rings (SSSR count). The van der Waals surface area contributed by atoms with Crippen LogP contribution in [0.1, 0.15) is 73.9 Å². The number of nitrogens with one attached hydrogen (secondary N) is 1. The minimum Gasteiger partial charge on any atom is -0.396 e. The minimum atomic E-state index is -0.973. The Morgan fingerprint density at radius 1 is 0.681 bits per heavy atom. The molecule has 7 heterocycles. The van der Waals surface area contributed by atoms with E-state index in [2.05, 4.69) is 38.6 Å². The summed E-state index contributed by atoms with van der Waals surface area (Å²) in [5.74, 6) is 0. The number of hydrogen-bond acceptors (Lipinski definition) is 11. The number of allylic oxidation sites excluding steroid dienone is 1. The van der Waals surface area contributed by atoms with Crippen molar-refractivity contribution in [1.82, 2.24) is 39.6 Å². The number of aromatic nitrogens is 6. The van der Waals surface area contributed by atoms with E-state index >= 15 is 0 Å². The van der Waals surface area contributed by atoms with E-state index in [1.165, 1.54) is 6.42 Å². The summed E-state index contributed by atoms with van der Waals surface area (Å²) in [7, 11) is 9.58. The second-order valence-electron chi connectivity index (χ2n) is 12.7. The first kappa shape index (κ1) is 34.8. The average molecular weight is 658 g/mol. The van der Waals surface area contributed by atoms with Crippen molar-refractivity contribution in [2.45, 2.75) is 81.1 Å². The van der Waals surface area contributed by atoms with Gasteiger partial charge in [0.2, 0.25) is 0 Å². The first-order valence-corrected chi connectivity index (χ1v) is 16.5. The first-order chi connectivity index (χ1) is 22.6. The molecular weight excluding hydrogens is 605 g/mol. The van der Waals surface area contributed by atoms with Crippen LogP contribution in [0.2, 0.25) is 0 Å². The summed E-state index contributed by atoms with van der Waals surface area (Å²) in [5.41, 5.74) is 22.6. The first-order valence-electron chi connectivity index (χ1n) is 16.5. The molecular formula is C32H52FN11O3. The highest BCUT2D eigenvalue weighted by Crippen LogP contribution is 2.39. The van der Waals surface area contributed by atoms with Crippen molar-refractivity contribution in [3.63, 3.8) is 0 Å². The summed E-state index contributed by atoms with van der Waals surface area (Å²) < 4.78 is 36.2. The molecule has 3 fully saturated rings. The number of nitrogens with two attached hydrogens (primary N) is 3. The Morgan fingerprint density at radius 3 is 1.70 bits per heavy atom. The number of nitrogens with zero attached hydrogens (tertiary/aromatic N) is 7. The number of halogens is 1. The van der Waals surface area contributed by atoms with Crippen molar-refractivity contribution in [2.24, 2.45) is 21.1 Å². The van der Waals surface area contributed by atoms with Crippen molar-refractivity contribution in [2.75, 3.05) is 51.1 Å². The quantitative estimate of drug-likeness (QED) is 0.240. The SMILES string of the molecule is CN1C2CCC(c3c(N)cnn3C)OCC21.CN[C@@H]1CCC(c2c(N)cnn2C)OC[C@H]1F.Cn1ncc(N)c1C1CCC=CCO1. The third-order valence-electron chi connectivity index (χ3n) is 9.71. The molecule has 0 aliphatic carbocycles. The Kier molecular flexibility index (Phi) is 11.6. The third kappa shape index (κ3) is 8.15. The topological polar surface area (TPSA) is 174 Å². The van der Waals surface area contributed by atoms with Crippen LogP contribution in [0, 0.1) is 0 Å². The Morgan fingerprint density at radius 2 is 1.19 bits per heavy atom. The maximum atomic E-state index is 13.7. The van der Waals surface area contributed by atoms with Gasteiger partial charge in [0.05, 0.1) is 72.6 Å². The van der Waals surface area contributed by atoms with Gasteiger partial charge in [-0.3, -0.25) is 18.9 Å². The summed E-state index contributed by atoms with van der Waals surface area (Å²) in [6.45, 7) is 1.58. The number of aryl methyl sites for hydroxylation is 3. The Balaban J connectivity index is 0.000000139. The van der Waals surface area contributed by atoms with E-state index in [1.54, 1.807) is 35.0 Å². The lowest BCUT2D eigenvalue weighted by Crippen LogP contribution is -2.35. The number of ether oxygens (including phenoxy) is 3. The standard InChI is InChI=1S/C11H19FN4O.C11H18N4O.C10H15N3O/c1-14-9-3-4-10(17-6-7(9)12)11-8(13)5-15-16(11)2;1-14-8-3-4-10(16-6-9(8)14)11-7(12)5-13-15(11)2;1-13-10(8(11)7-12-13)9-5-3-2-4-6-14-9/h5,7,9-10,14H,3-4,6,13H2,1-2H3;5,8-10H,3-4,6,12H2,1-2H3;2,4,7,9H,3,5-6,11H2,1H3/t7-,9-,10?;;/m1../s1. The van der Waals surface area contributed by atoms with Crippen molar-refractivity contribution in [3.05, 3.63) is 47.8 Å². The third-order valence-corrected chi connectivity index (χ3v) is 9.71. The Bertz CT molecular complexity index is 1390. The number of anilines is 3. The molecule has 4 aliphatic rings. The lowest BCUT2D eigenvalue weighted by Gasteiger charge is -2.17. The van der Waals surface area contributed by atoms with E-state index in [1.807, 2.05) is 31.9 Å². The van der Waals surface area contributed by atoms with Gasteiger partial charge in [0.25, 0.3) is 0 Å². The van der Waals surface area contributed by atoms with Gasteiger partial charge in [0, 0.05) is 39.3 Å². The molecule has 7 N–H and O–H groups in total. The predicted octanol–water partition coefficient (Wildman–Crippen LogP) is 2.73. The molecule has 4 aliphatic heterocycles. The van der Waals surface area contributed by atoms with Crippen LogP contribution in [0.3, 0.4) is 0 Å². The van der Waals surface area contributed by atoms with Gasteiger partial charge in [-0.25, -0.2) is 4.39 Å². The lowest BCUT2D eigenvalue weighted by molar-refractivity contribution is 0.0235. The van der Waals surface area contributed by atoms with Gasteiger partial charge in [-0.05, 0) is 52.6 Å². The van der Waals surface area contributed by atoms with Crippen molar-refractivity contribution in [3.8, 4) is 0 Å². The van der Waals surface area contributed by atoms with E-state index in [0.29, 0.717) is 18.3 Å². The van der Waals surface area contributed by atoms with Gasteiger partial charge in [-0.1, -0.05) is 12.2 Å². The highest BCUT2D eigenvalue weighted by Gasteiger charge is 2.46. The molecule has 0 bridgehead atoms. The predicted molar refractivity (Wildman–Crippen MR) is 179 cm³/mol. The lowest BCUT2D eigenvalue weighted by atomic mass is 10.0. The van der Waals surface area contributed by atoms with Crippen LogP contribution in [-0.2, 0) is 35.4 Å². The van der Waals surface area contributed by atoms with E-state index in [-0.39, 0.29) is 31.0 Å². The smallest absolute Gasteiger partial charge is 0.139 e. The van der Waals surface area contributed by atoms with Crippen molar-refractivity contribution in [1.29, 1.82) is 0 Å². The molecule has 0 radical (unpaired) electrons. The molecule has 3 saturated heterocycles. The number of alkyl halides is 1. The van der Waals surface area contributed by atoms with Gasteiger partial charge in [0.15, 0.2) is 0 Å². The zero-order valence-corrected chi connectivity index (χ0v) is 28.3. The summed E-state index contributed by atoms with van der Waals surface area (Å²) in [5, 5.41) is 15.3. The fourth-order valence-corrected chi connectivity index (χ4v) is 6.87. The molecule has 8 atom stereocenters. The molecule has 0 spiro atoms. The van der Waals surface area contributed by atoms with E-state index < -0.39 is 6.17 Å². The highest BCUT2D eigenvalue weighted by molar-refractivity contribution is 5.43. The summed E-state index contributed by atoms with van der Waals surface area (Å²) in [6.07, 6.45) is 14.0. The Hall–Kier alpha value is -3.50. The minimum absolute atomic E-state index is 0.0810. The number of fused-ring (bicyclic) bond motifs is 1. The number of nitrogen functional groups attached to an aromatic ring is 3. The van der Waals surface area contributed by atoms with Crippen LogP contribution < -0.4 is 22.5 Å². The van der Waals surface area contributed by atoms with Crippen LogP contribution >= 0.6 is 0 Å². The fourth-order valence-electron chi connectivity index (χ4n) is 6.87. The van der Waals surface area contributed by atoms with Crippen LogP contribution in [-0.4, -0.2) is 92.5 Å². The summed E-state index contributed by atoms with van der Waals surface area (Å²) in [4.78, 5) is 2.38. The monoisotopic (exact) mass is 657 g/mol. The van der Waals surface area contributed by atoms with Gasteiger partial charge in [0.1, 0.15) is 24.5 Å². The molecule has 3 aromatic heterocycles. The van der Waals surface area contributed by atoms with E-state index in [0.717, 1.165) is 73.2 Å². The van der Waals surface area contributed by atoms with Crippen LogP contribution in [0.15, 0.2) is 30.7 Å². The maximum absolute atomic E-state index is 13.7. The maximum Gasteiger partial charge on any atom is 0.139 e.